The molecule has 148 valence electrons. The molecule has 2 heterocycles. The Morgan fingerprint density at radius 2 is 1.75 bits per heavy atom. The molecule has 5 heteroatoms. The summed E-state index contributed by atoms with van der Waals surface area (Å²) in [6.07, 6.45) is 8.87. The van der Waals surface area contributed by atoms with Gasteiger partial charge < -0.3 is 10.0 Å². The van der Waals surface area contributed by atoms with Gasteiger partial charge in [-0.05, 0) is 54.7 Å². The van der Waals surface area contributed by atoms with E-state index in [1.54, 1.807) is 12.4 Å². The molecule has 0 bridgehead atoms. The van der Waals surface area contributed by atoms with Crippen LogP contribution in [0, 0.1) is 5.92 Å². The third-order valence-electron chi connectivity index (χ3n) is 6.45. The van der Waals surface area contributed by atoms with Gasteiger partial charge in [-0.2, -0.15) is 0 Å². The molecular weight excluding hydrogens is 372 g/mol. The Hall–Kier alpha value is -1.91. The Kier molecular flexibility index (Phi) is 5.70. The van der Waals surface area contributed by atoms with Crippen molar-refractivity contribution in [2.24, 2.45) is 5.92 Å². The Morgan fingerprint density at radius 1 is 1.07 bits per heavy atom. The van der Waals surface area contributed by atoms with Crippen LogP contribution in [0.2, 0.25) is 5.02 Å². The fourth-order valence-electron chi connectivity index (χ4n) is 4.90. The largest absolute Gasteiger partial charge is 0.391 e. The number of amides is 1. The second kappa shape index (κ2) is 8.22. The zero-order chi connectivity index (χ0) is 19.6. The highest BCUT2D eigenvalue weighted by atomic mass is 35.5. The van der Waals surface area contributed by atoms with Crippen molar-refractivity contribution >= 4 is 17.5 Å². The maximum atomic E-state index is 13.7. The van der Waals surface area contributed by atoms with Crippen molar-refractivity contribution < 1.29 is 9.90 Å². The number of carbonyl (C=O) groups excluding carboxylic acids is 1. The lowest BCUT2D eigenvalue weighted by molar-refractivity contribution is -0.138. The summed E-state index contributed by atoms with van der Waals surface area (Å²) in [5, 5.41) is 11.3. The van der Waals surface area contributed by atoms with Crippen LogP contribution in [0.15, 0.2) is 48.8 Å². The van der Waals surface area contributed by atoms with Gasteiger partial charge >= 0.3 is 0 Å². The lowest BCUT2D eigenvalue weighted by Gasteiger charge is -2.39. The summed E-state index contributed by atoms with van der Waals surface area (Å²) in [6, 6.07) is 11.7. The van der Waals surface area contributed by atoms with E-state index in [1.165, 1.54) is 6.42 Å². The number of hydrogen-bond acceptors (Lipinski definition) is 3. The van der Waals surface area contributed by atoms with Gasteiger partial charge in [0.15, 0.2) is 0 Å². The molecule has 4 nitrogen and oxygen atoms in total. The third kappa shape index (κ3) is 3.81. The zero-order valence-corrected chi connectivity index (χ0v) is 16.8. The first-order valence-electron chi connectivity index (χ1n) is 10.2. The van der Waals surface area contributed by atoms with Crippen LogP contribution in [0.4, 0.5) is 0 Å². The van der Waals surface area contributed by atoms with Crippen LogP contribution in [0.1, 0.15) is 43.2 Å². The third-order valence-corrected chi connectivity index (χ3v) is 6.71. The van der Waals surface area contributed by atoms with E-state index in [4.69, 9.17) is 11.6 Å². The lowest BCUT2D eigenvalue weighted by atomic mass is 9.68. The average Bonchev–Trinajstić information content (AvgIpc) is 3.09. The van der Waals surface area contributed by atoms with Gasteiger partial charge in [-0.25, -0.2) is 0 Å². The first-order chi connectivity index (χ1) is 13.6. The number of halogens is 1. The number of pyridine rings is 1. The maximum Gasteiger partial charge on any atom is 0.233 e. The highest BCUT2D eigenvalue weighted by molar-refractivity contribution is 6.30. The molecule has 1 N–H and O–H groups in total. The van der Waals surface area contributed by atoms with Crippen LogP contribution in [-0.4, -0.2) is 40.1 Å². The number of benzene rings is 1. The Bertz CT molecular complexity index is 803. The van der Waals surface area contributed by atoms with Crippen molar-refractivity contribution in [3.63, 3.8) is 0 Å². The van der Waals surface area contributed by atoms with E-state index in [1.807, 2.05) is 41.3 Å². The van der Waals surface area contributed by atoms with Crippen LogP contribution in [0.3, 0.4) is 0 Å². The number of aromatic nitrogens is 1. The van der Waals surface area contributed by atoms with E-state index in [0.29, 0.717) is 18.1 Å². The monoisotopic (exact) mass is 398 g/mol. The molecule has 1 aromatic carbocycles. The second-order valence-corrected chi connectivity index (χ2v) is 8.68. The minimum atomic E-state index is -0.483. The van der Waals surface area contributed by atoms with E-state index in [9.17, 15) is 9.90 Å². The predicted molar refractivity (Wildman–Crippen MR) is 110 cm³/mol. The van der Waals surface area contributed by atoms with E-state index in [-0.39, 0.29) is 11.8 Å². The van der Waals surface area contributed by atoms with Gasteiger partial charge in [0.05, 0.1) is 11.5 Å². The first kappa shape index (κ1) is 19.4. The number of rotatable bonds is 4. The highest BCUT2D eigenvalue weighted by Gasteiger charge is 2.46. The van der Waals surface area contributed by atoms with Gasteiger partial charge in [0.1, 0.15) is 0 Å². The fourth-order valence-corrected chi connectivity index (χ4v) is 5.02. The Labute approximate surface area is 171 Å². The summed E-state index contributed by atoms with van der Waals surface area (Å²) in [7, 11) is 0. The van der Waals surface area contributed by atoms with Crippen molar-refractivity contribution in [3.05, 3.63) is 64.9 Å². The van der Waals surface area contributed by atoms with Gasteiger partial charge in [0.25, 0.3) is 0 Å². The fraction of sp³-hybridized carbons (Fsp3) is 0.478. The van der Waals surface area contributed by atoms with E-state index in [2.05, 4.69) is 4.98 Å². The second-order valence-electron chi connectivity index (χ2n) is 8.25. The molecule has 2 atom stereocenters. The van der Waals surface area contributed by atoms with Gasteiger partial charge in [0.2, 0.25) is 5.91 Å². The van der Waals surface area contributed by atoms with Crippen molar-refractivity contribution in [3.8, 4) is 0 Å². The standard InChI is InChI=1S/C23H27ClN2O2/c24-20-6-4-19(5-7-20)23(10-2-1-3-11-23)22(28)26-15-18(21(27)16-26)14-17-8-12-25-13-9-17/h4-9,12-13,18,21,27H,1-3,10-11,14-16H2/t18-,21-/m1/s1. The summed E-state index contributed by atoms with van der Waals surface area (Å²) in [4.78, 5) is 19.7. The molecule has 28 heavy (non-hydrogen) atoms. The number of carbonyl (C=O) groups is 1. The SMILES string of the molecule is O=C(N1C[C@@H](Cc2ccncc2)[C@H](O)C1)C1(c2ccc(Cl)cc2)CCCCC1. The van der Waals surface area contributed by atoms with Gasteiger partial charge in [-0.15, -0.1) is 0 Å². The van der Waals surface area contributed by atoms with Crippen LogP contribution < -0.4 is 0 Å². The Balaban J connectivity index is 1.55. The molecule has 1 aliphatic carbocycles. The molecule has 2 fully saturated rings. The average molecular weight is 399 g/mol. The number of β-amino-alcohol motifs (C(OH)–C–C–N with tert-alkyl or cyclic N) is 1. The zero-order valence-electron chi connectivity index (χ0n) is 16.1. The molecule has 1 aliphatic heterocycles. The summed E-state index contributed by atoms with van der Waals surface area (Å²) < 4.78 is 0. The van der Waals surface area contributed by atoms with Gasteiger partial charge in [0, 0.05) is 36.4 Å². The smallest absolute Gasteiger partial charge is 0.233 e. The normalized spacial score (nSPS) is 24.3. The van der Waals surface area contributed by atoms with Crippen LogP contribution >= 0.6 is 11.6 Å². The molecule has 1 saturated carbocycles. The van der Waals surface area contributed by atoms with Crippen LogP contribution in [-0.2, 0) is 16.6 Å². The predicted octanol–water partition coefficient (Wildman–Crippen LogP) is 4.00. The quantitative estimate of drug-likeness (QED) is 0.846. The first-order valence-corrected chi connectivity index (χ1v) is 10.6. The molecule has 0 radical (unpaired) electrons. The topological polar surface area (TPSA) is 53.4 Å². The van der Waals surface area contributed by atoms with Crippen LogP contribution in [0.25, 0.3) is 0 Å². The van der Waals surface area contributed by atoms with Crippen molar-refractivity contribution in [2.45, 2.75) is 50.0 Å². The number of hydrogen-bond donors (Lipinski definition) is 1. The van der Waals surface area contributed by atoms with E-state index in [0.717, 1.165) is 43.2 Å². The molecule has 1 amide bonds. The van der Waals surface area contributed by atoms with Gasteiger partial charge in [-0.3, -0.25) is 9.78 Å². The molecule has 2 aliphatic rings. The summed E-state index contributed by atoms with van der Waals surface area (Å²) in [5.41, 5.74) is 1.74. The summed E-state index contributed by atoms with van der Waals surface area (Å²) >= 11 is 6.09. The van der Waals surface area contributed by atoms with E-state index >= 15 is 0 Å². The maximum absolute atomic E-state index is 13.7. The Morgan fingerprint density at radius 3 is 2.43 bits per heavy atom. The van der Waals surface area contributed by atoms with Crippen molar-refractivity contribution in [1.82, 2.24) is 9.88 Å². The molecule has 2 aromatic rings. The lowest BCUT2D eigenvalue weighted by Crippen LogP contribution is -2.47. The summed E-state index contributed by atoms with van der Waals surface area (Å²) in [6.45, 7) is 1.03. The molecule has 0 spiro atoms. The minimum absolute atomic E-state index is 0.0669. The number of nitrogens with zero attached hydrogens (tertiary/aromatic N) is 2. The van der Waals surface area contributed by atoms with Crippen molar-refractivity contribution in [2.75, 3.05) is 13.1 Å². The molecular formula is C23H27ClN2O2. The molecule has 0 unspecified atom stereocenters. The number of aliphatic hydroxyl groups excluding tert-OH is 1. The minimum Gasteiger partial charge on any atom is -0.391 e. The van der Waals surface area contributed by atoms with E-state index < -0.39 is 11.5 Å². The summed E-state index contributed by atoms with van der Waals surface area (Å²) in [5.74, 6) is 0.239. The highest BCUT2D eigenvalue weighted by Crippen LogP contribution is 2.42. The molecule has 1 saturated heterocycles. The molecule has 1 aromatic heterocycles. The van der Waals surface area contributed by atoms with Crippen LogP contribution in [0.5, 0.6) is 0 Å². The van der Waals surface area contributed by atoms with Gasteiger partial charge in [-0.1, -0.05) is 43.0 Å². The number of aliphatic hydroxyl groups is 1. The number of likely N-dealkylation sites (tertiary alicyclic amines) is 1. The van der Waals surface area contributed by atoms with Crippen molar-refractivity contribution in [1.29, 1.82) is 0 Å². The molecule has 4 rings (SSSR count).